The van der Waals surface area contributed by atoms with E-state index in [4.69, 9.17) is 0 Å². The summed E-state index contributed by atoms with van der Waals surface area (Å²) in [5.41, 5.74) is 1.17. The fraction of sp³-hybridized carbons (Fsp3) is 0.667. The Morgan fingerprint density at radius 3 is 2.86 bits per heavy atom. The lowest BCUT2D eigenvalue weighted by molar-refractivity contribution is -0.128. The van der Waals surface area contributed by atoms with Crippen LogP contribution in [0.3, 0.4) is 0 Å². The molecule has 2 rings (SSSR count). The van der Waals surface area contributed by atoms with Crippen molar-refractivity contribution in [1.82, 2.24) is 0 Å². The number of carbonyl (C=O) groups is 2. The Morgan fingerprint density at radius 1 is 1.43 bits per heavy atom. The SMILES string of the molecule is CC1=CC(=O)CC2(C)CCC(=O)CC12. The van der Waals surface area contributed by atoms with Crippen molar-refractivity contribution >= 4 is 11.6 Å². The third-order valence-corrected chi connectivity index (χ3v) is 3.76. The molecular weight excluding hydrogens is 176 g/mol. The maximum atomic E-state index is 11.5. The van der Waals surface area contributed by atoms with E-state index >= 15 is 0 Å². The largest absolute Gasteiger partial charge is 0.300 e. The highest BCUT2D eigenvalue weighted by molar-refractivity contribution is 5.93. The van der Waals surface area contributed by atoms with Gasteiger partial charge in [-0.25, -0.2) is 0 Å². The average molecular weight is 192 g/mol. The van der Waals surface area contributed by atoms with Crippen LogP contribution in [-0.2, 0) is 9.59 Å². The van der Waals surface area contributed by atoms with Crippen LogP contribution in [0, 0.1) is 11.3 Å². The molecule has 2 nitrogen and oxygen atoms in total. The first kappa shape index (κ1) is 9.63. The minimum atomic E-state index is 0.0594. The van der Waals surface area contributed by atoms with Crippen LogP contribution in [0.1, 0.15) is 39.5 Å². The molecule has 0 saturated heterocycles. The summed E-state index contributed by atoms with van der Waals surface area (Å²) in [6.07, 6.45) is 4.54. The van der Waals surface area contributed by atoms with Gasteiger partial charge in [0.05, 0.1) is 0 Å². The van der Waals surface area contributed by atoms with Gasteiger partial charge in [0, 0.05) is 19.3 Å². The van der Waals surface area contributed by atoms with Gasteiger partial charge in [-0.15, -0.1) is 0 Å². The van der Waals surface area contributed by atoms with Crippen molar-refractivity contribution in [3.8, 4) is 0 Å². The topological polar surface area (TPSA) is 34.1 Å². The lowest BCUT2D eigenvalue weighted by Gasteiger charge is -2.43. The molecule has 0 N–H and O–H groups in total. The van der Waals surface area contributed by atoms with Gasteiger partial charge in [0.1, 0.15) is 5.78 Å². The lowest BCUT2D eigenvalue weighted by atomic mass is 9.60. The second-order valence-corrected chi connectivity index (χ2v) is 4.98. The summed E-state index contributed by atoms with van der Waals surface area (Å²) in [6, 6.07) is 0. The predicted molar refractivity (Wildman–Crippen MR) is 53.8 cm³/mol. The fourth-order valence-corrected chi connectivity index (χ4v) is 2.90. The van der Waals surface area contributed by atoms with Gasteiger partial charge in [-0.05, 0) is 30.8 Å². The third kappa shape index (κ3) is 1.43. The zero-order valence-electron chi connectivity index (χ0n) is 8.80. The molecule has 0 aromatic carbocycles. The highest BCUT2D eigenvalue weighted by atomic mass is 16.1. The van der Waals surface area contributed by atoms with Gasteiger partial charge in [0.25, 0.3) is 0 Å². The highest BCUT2D eigenvalue weighted by Gasteiger charge is 2.43. The number of hydrogen-bond acceptors (Lipinski definition) is 2. The molecule has 76 valence electrons. The summed E-state index contributed by atoms with van der Waals surface area (Å²) in [5.74, 6) is 0.909. The van der Waals surface area contributed by atoms with Gasteiger partial charge < -0.3 is 0 Å². The number of carbonyl (C=O) groups excluding carboxylic acids is 2. The van der Waals surface area contributed by atoms with Gasteiger partial charge in [-0.2, -0.15) is 0 Å². The van der Waals surface area contributed by atoms with E-state index in [2.05, 4.69) is 6.92 Å². The molecule has 0 radical (unpaired) electrons. The first-order valence-corrected chi connectivity index (χ1v) is 5.24. The Bertz CT molecular complexity index is 327. The van der Waals surface area contributed by atoms with Crippen LogP contribution in [0.25, 0.3) is 0 Å². The van der Waals surface area contributed by atoms with Crippen molar-refractivity contribution in [2.45, 2.75) is 39.5 Å². The zero-order chi connectivity index (χ0) is 10.3. The molecule has 2 atom stereocenters. The van der Waals surface area contributed by atoms with E-state index in [0.717, 1.165) is 12.0 Å². The highest BCUT2D eigenvalue weighted by Crippen LogP contribution is 2.48. The number of allylic oxidation sites excluding steroid dienone is 2. The standard InChI is InChI=1S/C12H16O2/c1-8-5-10(14)7-12(2)4-3-9(13)6-11(8)12/h5,11H,3-4,6-7H2,1-2H3. The molecule has 0 aromatic rings. The molecule has 2 unspecified atom stereocenters. The van der Waals surface area contributed by atoms with Gasteiger partial charge in [0.2, 0.25) is 0 Å². The van der Waals surface area contributed by atoms with Crippen molar-refractivity contribution in [3.05, 3.63) is 11.6 Å². The Kier molecular flexibility index (Phi) is 2.09. The summed E-state index contributed by atoms with van der Waals surface area (Å²) >= 11 is 0. The van der Waals surface area contributed by atoms with Crippen molar-refractivity contribution in [2.75, 3.05) is 0 Å². The normalized spacial score (nSPS) is 37.9. The van der Waals surface area contributed by atoms with E-state index < -0.39 is 0 Å². The van der Waals surface area contributed by atoms with Gasteiger partial charge in [-0.3, -0.25) is 9.59 Å². The molecule has 1 fully saturated rings. The first-order chi connectivity index (χ1) is 6.51. The molecule has 0 spiro atoms. The third-order valence-electron chi connectivity index (χ3n) is 3.76. The van der Waals surface area contributed by atoms with Gasteiger partial charge in [0.15, 0.2) is 5.78 Å². The molecule has 0 bridgehead atoms. The molecule has 2 aliphatic carbocycles. The van der Waals surface area contributed by atoms with Crippen molar-refractivity contribution in [1.29, 1.82) is 0 Å². The molecule has 0 heterocycles. The Balaban J connectivity index is 2.34. The zero-order valence-corrected chi connectivity index (χ0v) is 8.80. The van der Waals surface area contributed by atoms with Crippen LogP contribution >= 0.6 is 0 Å². The minimum absolute atomic E-state index is 0.0594. The summed E-state index contributed by atoms with van der Waals surface area (Å²) in [7, 11) is 0. The fourth-order valence-electron chi connectivity index (χ4n) is 2.90. The van der Waals surface area contributed by atoms with Crippen LogP contribution in [0.4, 0.5) is 0 Å². The van der Waals surface area contributed by atoms with Crippen LogP contribution < -0.4 is 0 Å². The number of Topliss-reactive ketones (excluding diaryl/α,β-unsaturated/α-hetero) is 1. The van der Waals surface area contributed by atoms with E-state index in [1.165, 1.54) is 0 Å². The molecule has 0 aliphatic heterocycles. The maximum absolute atomic E-state index is 11.5. The van der Waals surface area contributed by atoms with E-state index in [1.807, 2.05) is 6.92 Å². The lowest BCUT2D eigenvalue weighted by Crippen LogP contribution is -2.39. The van der Waals surface area contributed by atoms with Crippen molar-refractivity contribution in [3.63, 3.8) is 0 Å². The van der Waals surface area contributed by atoms with Gasteiger partial charge >= 0.3 is 0 Å². The van der Waals surface area contributed by atoms with Crippen molar-refractivity contribution < 1.29 is 9.59 Å². The van der Waals surface area contributed by atoms with Crippen LogP contribution in [0.5, 0.6) is 0 Å². The van der Waals surface area contributed by atoms with E-state index in [1.54, 1.807) is 6.08 Å². The molecular formula is C12H16O2. The number of ketones is 2. The quantitative estimate of drug-likeness (QED) is 0.590. The Hall–Kier alpha value is -0.920. The summed E-state index contributed by atoms with van der Waals surface area (Å²) in [5, 5.41) is 0. The second kappa shape index (κ2) is 3.04. The molecule has 2 aliphatic rings. The van der Waals surface area contributed by atoms with E-state index in [0.29, 0.717) is 31.0 Å². The average Bonchev–Trinajstić information content (AvgIpc) is 2.07. The number of rotatable bonds is 0. The van der Waals surface area contributed by atoms with E-state index in [-0.39, 0.29) is 11.2 Å². The molecule has 0 amide bonds. The summed E-state index contributed by atoms with van der Waals surface area (Å²) < 4.78 is 0. The Morgan fingerprint density at radius 2 is 2.14 bits per heavy atom. The van der Waals surface area contributed by atoms with Crippen LogP contribution in [-0.4, -0.2) is 11.6 Å². The first-order valence-electron chi connectivity index (χ1n) is 5.24. The molecule has 2 heteroatoms. The minimum Gasteiger partial charge on any atom is -0.300 e. The monoisotopic (exact) mass is 192 g/mol. The predicted octanol–water partition coefficient (Wildman–Crippen LogP) is 2.28. The Labute approximate surface area is 84.4 Å². The smallest absolute Gasteiger partial charge is 0.156 e. The summed E-state index contributed by atoms with van der Waals surface area (Å²) in [4.78, 5) is 22.8. The van der Waals surface area contributed by atoms with Crippen LogP contribution in [0.15, 0.2) is 11.6 Å². The number of fused-ring (bicyclic) bond motifs is 1. The second-order valence-electron chi connectivity index (χ2n) is 4.98. The maximum Gasteiger partial charge on any atom is 0.156 e. The molecule has 1 saturated carbocycles. The van der Waals surface area contributed by atoms with E-state index in [9.17, 15) is 9.59 Å². The summed E-state index contributed by atoms with van der Waals surface area (Å²) in [6.45, 7) is 4.14. The van der Waals surface area contributed by atoms with Crippen molar-refractivity contribution in [2.24, 2.45) is 11.3 Å². The molecule has 14 heavy (non-hydrogen) atoms. The van der Waals surface area contributed by atoms with Gasteiger partial charge in [-0.1, -0.05) is 12.5 Å². The number of hydrogen-bond donors (Lipinski definition) is 0. The van der Waals surface area contributed by atoms with Crippen LogP contribution in [0.2, 0.25) is 0 Å². The molecule has 0 aromatic heterocycles.